The average Bonchev–Trinajstić information content (AvgIpc) is 2.31. The van der Waals surface area contributed by atoms with Gasteiger partial charge in [-0.15, -0.1) is 0 Å². The summed E-state index contributed by atoms with van der Waals surface area (Å²) in [4.78, 5) is 0. The molecule has 1 aliphatic heterocycles. The maximum atomic E-state index is 6.13. The van der Waals surface area contributed by atoms with Crippen LogP contribution in [0.25, 0.3) is 0 Å². The van der Waals surface area contributed by atoms with Gasteiger partial charge in [0.2, 0.25) is 0 Å². The van der Waals surface area contributed by atoms with Crippen molar-refractivity contribution in [1.29, 1.82) is 0 Å². The zero-order valence-electron chi connectivity index (χ0n) is 8.86. The molecular formula is C13H17NO. The first-order valence-electron chi connectivity index (χ1n) is 5.46. The lowest BCUT2D eigenvalue weighted by Crippen LogP contribution is -2.27. The van der Waals surface area contributed by atoms with E-state index in [0.29, 0.717) is 0 Å². The van der Waals surface area contributed by atoms with E-state index in [1.54, 1.807) is 0 Å². The van der Waals surface area contributed by atoms with Gasteiger partial charge in [0.15, 0.2) is 0 Å². The molecule has 0 aromatic heterocycles. The number of nitrogens with two attached hydrogens (primary N) is 1. The maximum Gasteiger partial charge on any atom is 0.0876 e. The molecule has 0 spiro atoms. The zero-order valence-corrected chi connectivity index (χ0v) is 8.86. The van der Waals surface area contributed by atoms with Gasteiger partial charge >= 0.3 is 0 Å². The lowest BCUT2D eigenvalue weighted by Gasteiger charge is -2.19. The molecule has 1 aromatic carbocycles. The Morgan fingerprint density at radius 3 is 2.73 bits per heavy atom. The quantitative estimate of drug-likeness (QED) is 0.817. The smallest absolute Gasteiger partial charge is 0.0876 e. The van der Waals surface area contributed by atoms with Crippen molar-refractivity contribution in [2.75, 3.05) is 6.61 Å². The number of ether oxygens (including phenoxy) is 1. The van der Waals surface area contributed by atoms with Crippen LogP contribution >= 0.6 is 0 Å². The minimum Gasteiger partial charge on any atom is -0.501 e. The second-order valence-corrected chi connectivity index (χ2v) is 3.96. The summed E-state index contributed by atoms with van der Waals surface area (Å²) < 4.78 is 5.30. The van der Waals surface area contributed by atoms with Gasteiger partial charge in [-0.25, -0.2) is 0 Å². The van der Waals surface area contributed by atoms with Crippen LogP contribution in [0.15, 0.2) is 42.2 Å². The largest absolute Gasteiger partial charge is 0.501 e. The van der Waals surface area contributed by atoms with Gasteiger partial charge in [0.1, 0.15) is 0 Å². The summed E-state index contributed by atoms with van der Waals surface area (Å²) in [6, 6.07) is 10.5. The minimum atomic E-state index is 0.104. The van der Waals surface area contributed by atoms with Gasteiger partial charge in [0, 0.05) is 6.04 Å². The monoisotopic (exact) mass is 203 g/mol. The molecular weight excluding hydrogens is 186 g/mol. The molecule has 1 aromatic rings. The average molecular weight is 203 g/mol. The maximum absolute atomic E-state index is 6.13. The summed E-state index contributed by atoms with van der Waals surface area (Å²) in [5.74, 6) is 0. The number of hydrogen-bond donors (Lipinski definition) is 1. The van der Waals surface area contributed by atoms with E-state index in [4.69, 9.17) is 10.5 Å². The summed E-state index contributed by atoms with van der Waals surface area (Å²) in [5, 5.41) is 0. The van der Waals surface area contributed by atoms with Crippen molar-refractivity contribution in [3.63, 3.8) is 0 Å². The van der Waals surface area contributed by atoms with Crippen LogP contribution in [0.2, 0.25) is 0 Å². The number of hydrogen-bond acceptors (Lipinski definition) is 2. The first-order valence-corrected chi connectivity index (χ1v) is 5.46. The summed E-state index contributed by atoms with van der Waals surface area (Å²) in [6.07, 6.45) is 4.91. The third kappa shape index (κ3) is 2.83. The highest BCUT2D eigenvalue weighted by Gasteiger charge is 2.13. The Balaban J connectivity index is 1.97. The van der Waals surface area contributed by atoms with E-state index in [1.165, 1.54) is 11.1 Å². The van der Waals surface area contributed by atoms with Crippen molar-refractivity contribution in [3.05, 3.63) is 47.7 Å². The first-order chi connectivity index (χ1) is 7.36. The summed E-state index contributed by atoms with van der Waals surface area (Å²) >= 11 is 0. The molecule has 80 valence electrons. The second kappa shape index (κ2) is 4.99. The van der Waals surface area contributed by atoms with Crippen LogP contribution in [-0.2, 0) is 11.2 Å². The van der Waals surface area contributed by atoms with Crippen LogP contribution in [0.5, 0.6) is 0 Å². The Hall–Kier alpha value is -1.28. The van der Waals surface area contributed by atoms with Gasteiger partial charge in [0.05, 0.1) is 12.9 Å². The number of benzene rings is 1. The standard InChI is InChI=1S/C13H17NO/c14-13(12-7-4-8-15-10-12)9-11-5-2-1-3-6-11/h1-3,5-6,10,13H,4,7-9,14H2. The zero-order chi connectivity index (χ0) is 10.5. The lowest BCUT2D eigenvalue weighted by atomic mass is 9.96. The Bertz CT molecular complexity index is 332. The molecule has 2 N–H and O–H groups in total. The molecule has 2 rings (SSSR count). The Kier molecular flexibility index (Phi) is 3.41. The fourth-order valence-corrected chi connectivity index (χ4v) is 1.86. The molecule has 0 saturated heterocycles. The van der Waals surface area contributed by atoms with E-state index in [0.717, 1.165) is 25.9 Å². The lowest BCUT2D eigenvalue weighted by molar-refractivity contribution is 0.221. The van der Waals surface area contributed by atoms with Crippen molar-refractivity contribution in [2.45, 2.75) is 25.3 Å². The molecule has 1 heterocycles. The topological polar surface area (TPSA) is 35.2 Å². The Morgan fingerprint density at radius 1 is 1.27 bits per heavy atom. The Morgan fingerprint density at radius 2 is 2.07 bits per heavy atom. The van der Waals surface area contributed by atoms with Crippen LogP contribution in [0.3, 0.4) is 0 Å². The van der Waals surface area contributed by atoms with Crippen LogP contribution in [-0.4, -0.2) is 12.6 Å². The third-order valence-electron chi connectivity index (χ3n) is 2.74. The summed E-state index contributed by atoms with van der Waals surface area (Å²) in [6.45, 7) is 0.835. The highest BCUT2D eigenvalue weighted by molar-refractivity contribution is 5.20. The molecule has 1 atom stereocenters. The van der Waals surface area contributed by atoms with E-state index in [-0.39, 0.29) is 6.04 Å². The van der Waals surface area contributed by atoms with Crippen LogP contribution < -0.4 is 5.73 Å². The van der Waals surface area contributed by atoms with Crippen molar-refractivity contribution in [2.24, 2.45) is 5.73 Å². The molecule has 0 amide bonds. The molecule has 0 saturated carbocycles. The van der Waals surface area contributed by atoms with E-state index in [9.17, 15) is 0 Å². The molecule has 0 bridgehead atoms. The Labute approximate surface area is 90.7 Å². The molecule has 15 heavy (non-hydrogen) atoms. The molecule has 1 unspecified atom stereocenters. The van der Waals surface area contributed by atoms with Gasteiger partial charge in [-0.1, -0.05) is 30.3 Å². The predicted molar refractivity (Wildman–Crippen MR) is 61.4 cm³/mol. The number of rotatable bonds is 3. The van der Waals surface area contributed by atoms with E-state index >= 15 is 0 Å². The van der Waals surface area contributed by atoms with Crippen LogP contribution in [0, 0.1) is 0 Å². The molecule has 0 fully saturated rings. The van der Waals surface area contributed by atoms with Gasteiger partial charge in [0.25, 0.3) is 0 Å². The van der Waals surface area contributed by atoms with Gasteiger partial charge in [-0.3, -0.25) is 0 Å². The predicted octanol–water partition coefficient (Wildman–Crippen LogP) is 2.25. The van der Waals surface area contributed by atoms with Crippen molar-refractivity contribution in [1.82, 2.24) is 0 Å². The van der Waals surface area contributed by atoms with Crippen molar-refractivity contribution >= 4 is 0 Å². The van der Waals surface area contributed by atoms with Crippen molar-refractivity contribution in [3.8, 4) is 0 Å². The van der Waals surface area contributed by atoms with Gasteiger partial charge < -0.3 is 10.5 Å². The second-order valence-electron chi connectivity index (χ2n) is 3.96. The van der Waals surface area contributed by atoms with E-state index < -0.39 is 0 Å². The minimum absolute atomic E-state index is 0.104. The van der Waals surface area contributed by atoms with E-state index in [2.05, 4.69) is 12.1 Å². The fourth-order valence-electron chi connectivity index (χ4n) is 1.86. The third-order valence-corrected chi connectivity index (χ3v) is 2.74. The van der Waals surface area contributed by atoms with Crippen LogP contribution in [0.4, 0.5) is 0 Å². The van der Waals surface area contributed by atoms with Crippen LogP contribution in [0.1, 0.15) is 18.4 Å². The molecule has 2 heteroatoms. The fraction of sp³-hybridized carbons (Fsp3) is 0.385. The molecule has 0 radical (unpaired) electrons. The van der Waals surface area contributed by atoms with Crippen molar-refractivity contribution < 1.29 is 4.74 Å². The molecule has 0 aliphatic carbocycles. The summed E-state index contributed by atoms with van der Waals surface area (Å²) in [5.41, 5.74) is 8.66. The SMILES string of the molecule is NC(Cc1ccccc1)C1=COCCC1. The van der Waals surface area contributed by atoms with E-state index in [1.807, 2.05) is 24.5 Å². The molecule has 2 nitrogen and oxygen atoms in total. The first kappa shape index (κ1) is 10.2. The highest BCUT2D eigenvalue weighted by atomic mass is 16.5. The molecule has 1 aliphatic rings. The van der Waals surface area contributed by atoms with Gasteiger partial charge in [-0.05, 0) is 30.4 Å². The van der Waals surface area contributed by atoms with Gasteiger partial charge in [-0.2, -0.15) is 0 Å². The normalized spacial score (nSPS) is 17.8. The summed E-state index contributed by atoms with van der Waals surface area (Å²) in [7, 11) is 0. The highest BCUT2D eigenvalue weighted by Crippen LogP contribution is 2.17.